The lowest BCUT2D eigenvalue weighted by Crippen LogP contribution is -2.31. The molecule has 1 aromatic rings. The van der Waals surface area contributed by atoms with Gasteiger partial charge in [-0.25, -0.2) is 0 Å². The molecule has 0 unspecified atom stereocenters. The Morgan fingerprint density at radius 1 is 1.39 bits per heavy atom. The summed E-state index contributed by atoms with van der Waals surface area (Å²) in [6, 6.07) is 3.56. The average molecular weight is 317 g/mol. The maximum absolute atomic E-state index is 11.9. The van der Waals surface area contributed by atoms with Gasteiger partial charge in [0.25, 0.3) is 0 Å². The molecule has 1 rings (SSSR count). The largest absolute Gasteiger partial charge is 0.496 e. The number of methoxy groups -OCH3 is 2. The highest BCUT2D eigenvalue weighted by molar-refractivity contribution is 9.10. The highest BCUT2D eigenvalue weighted by Crippen LogP contribution is 2.37. The Labute approximate surface area is 115 Å². The standard InChI is InChI=1S/C13H17BrO4/c1-13(2,12(16)18-4)10-6-9(14)5-8(7-15)11(10)17-3/h5-6,15H,7H2,1-4H3. The van der Waals surface area contributed by atoms with E-state index in [4.69, 9.17) is 9.47 Å². The summed E-state index contributed by atoms with van der Waals surface area (Å²) in [5.74, 6) is 0.152. The summed E-state index contributed by atoms with van der Waals surface area (Å²) in [7, 11) is 2.86. The molecule has 0 fully saturated rings. The zero-order valence-corrected chi connectivity index (χ0v) is 12.5. The molecule has 0 aliphatic rings. The molecule has 100 valence electrons. The van der Waals surface area contributed by atoms with Gasteiger partial charge in [0.2, 0.25) is 0 Å². The number of aliphatic hydroxyl groups is 1. The number of carbonyl (C=O) groups excluding carboxylic acids is 1. The van der Waals surface area contributed by atoms with Gasteiger partial charge in [0.05, 0.1) is 26.2 Å². The molecule has 0 heterocycles. The van der Waals surface area contributed by atoms with Gasteiger partial charge in [-0.1, -0.05) is 15.9 Å². The number of aliphatic hydroxyl groups excluding tert-OH is 1. The Kier molecular flexibility index (Phi) is 4.76. The summed E-state index contributed by atoms with van der Waals surface area (Å²) < 4.78 is 10.9. The lowest BCUT2D eigenvalue weighted by molar-refractivity contribution is -0.146. The predicted molar refractivity (Wildman–Crippen MR) is 71.7 cm³/mol. The Bertz CT molecular complexity index is 455. The van der Waals surface area contributed by atoms with Gasteiger partial charge in [-0.2, -0.15) is 0 Å². The number of rotatable bonds is 4. The molecule has 0 saturated heterocycles. The number of carbonyl (C=O) groups is 1. The Balaban J connectivity index is 3.48. The highest BCUT2D eigenvalue weighted by atomic mass is 79.9. The fourth-order valence-electron chi connectivity index (χ4n) is 1.84. The molecule has 0 saturated carbocycles. The quantitative estimate of drug-likeness (QED) is 0.867. The van der Waals surface area contributed by atoms with Crippen LogP contribution in [-0.2, 0) is 21.6 Å². The van der Waals surface area contributed by atoms with Crippen LogP contribution in [0.5, 0.6) is 5.75 Å². The summed E-state index contributed by atoms with van der Waals surface area (Å²) in [6.45, 7) is 3.35. The van der Waals surface area contributed by atoms with E-state index >= 15 is 0 Å². The van der Waals surface area contributed by atoms with Gasteiger partial charge < -0.3 is 14.6 Å². The third-order valence-corrected chi connectivity index (χ3v) is 3.33. The second-order valence-electron chi connectivity index (χ2n) is 4.42. The second kappa shape index (κ2) is 5.71. The maximum atomic E-state index is 11.9. The van der Waals surface area contributed by atoms with E-state index in [1.54, 1.807) is 26.0 Å². The van der Waals surface area contributed by atoms with Crippen molar-refractivity contribution in [2.75, 3.05) is 14.2 Å². The molecule has 0 aliphatic carbocycles. The van der Waals surface area contributed by atoms with Crippen molar-refractivity contribution in [3.63, 3.8) is 0 Å². The van der Waals surface area contributed by atoms with Crippen molar-refractivity contribution in [3.05, 3.63) is 27.7 Å². The summed E-state index contributed by atoms with van der Waals surface area (Å²) in [4.78, 5) is 11.9. The van der Waals surface area contributed by atoms with Crippen LogP contribution in [0.4, 0.5) is 0 Å². The third-order valence-electron chi connectivity index (χ3n) is 2.87. The lowest BCUT2D eigenvalue weighted by Gasteiger charge is -2.25. The fourth-order valence-corrected chi connectivity index (χ4v) is 2.34. The highest BCUT2D eigenvalue weighted by Gasteiger charge is 2.34. The zero-order chi connectivity index (χ0) is 13.9. The van der Waals surface area contributed by atoms with Crippen LogP contribution in [0.15, 0.2) is 16.6 Å². The van der Waals surface area contributed by atoms with E-state index in [0.717, 1.165) is 4.47 Å². The van der Waals surface area contributed by atoms with Gasteiger partial charge in [-0.3, -0.25) is 4.79 Å². The van der Waals surface area contributed by atoms with Gasteiger partial charge in [0.1, 0.15) is 5.75 Å². The third kappa shape index (κ3) is 2.67. The van der Waals surface area contributed by atoms with Crippen molar-refractivity contribution < 1.29 is 19.4 Å². The first-order chi connectivity index (χ1) is 8.38. The predicted octanol–water partition coefficient (Wildman–Crippen LogP) is 2.40. The molecule has 0 atom stereocenters. The Morgan fingerprint density at radius 3 is 2.44 bits per heavy atom. The first-order valence-electron chi connectivity index (χ1n) is 5.44. The number of esters is 1. The van der Waals surface area contributed by atoms with E-state index in [9.17, 15) is 9.90 Å². The van der Waals surface area contributed by atoms with Crippen LogP contribution in [0.1, 0.15) is 25.0 Å². The number of benzene rings is 1. The van der Waals surface area contributed by atoms with Gasteiger partial charge in [-0.15, -0.1) is 0 Å². The van der Waals surface area contributed by atoms with Crippen LogP contribution in [0, 0.1) is 0 Å². The fraction of sp³-hybridized carbons (Fsp3) is 0.462. The Morgan fingerprint density at radius 2 is 2.00 bits per heavy atom. The van der Waals surface area contributed by atoms with Crippen molar-refractivity contribution in [2.45, 2.75) is 25.9 Å². The number of ether oxygens (including phenoxy) is 2. The van der Waals surface area contributed by atoms with Crippen molar-refractivity contribution >= 4 is 21.9 Å². The molecule has 4 nitrogen and oxygen atoms in total. The molecular weight excluding hydrogens is 300 g/mol. The van der Waals surface area contributed by atoms with E-state index in [-0.39, 0.29) is 12.6 Å². The molecule has 18 heavy (non-hydrogen) atoms. The smallest absolute Gasteiger partial charge is 0.315 e. The van der Waals surface area contributed by atoms with Crippen LogP contribution in [-0.4, -0.2) is 25.3 Å². The summed E-state index contributed by atoms with van der Waals surface area (Å²) >= 11 is 3.36. The maximum Gasteiger partial charge on any atom is 0.315 e. The molecule has 0 spiro atoms. The van der Waals surface area contributed by atoms with Crippen molar-refractivity contribution in [1.29, 1.82) is 0 Å². The Hall–Kier alpha value is -1.07. The first-order valence-corrected chi connectivity index (χ1v) is 6.24. The van der Waals surface area contributed by atoms with E-state index in [2.05, 4.69) is 15.9 Å². The molecule has 0 radical (unpaired) electrons. The SMILES string of the molecule is COC(=O)C(C)(C)c1cc(Br)cc(CO)c1OC. The van der Waals surface area contributed by atoms with Crippen LogP contribution in [0.25, 0.3) is 0 Å². The van der Waals surface area contributed by atoms with Crippen LogP contribution < -0.4 is 4.74 Å². The van der Waals surface area contributed by atoms with Gasteiger partial charge in [0, 0.05) is 15.6 Å². The van der Waals surface area contributed by atoms with Crippen LogP contribution in [0.2, 0.25) is 0 Å². The van der Waals surface area contributed by atoms with E-state index in [0.29, 0.717) is 16.9 Å². The van der Waals surface area contributed by atoms with Crippen LogP contribution >= 0.6 is 15.9 Å². The first kappa shape index (κ1) is 15.0. The minimum Gasteiger partial charge on any atom is -0.496 e. The van der Waals surface area contributed by atoms with Crippen molar-refractivity contribution in [3.8, 4) is 5.75 Å². The van der Waals surface area contributed by atoms with Gasteiger partial charge in [-0.05, 0) is 26.0 Å². The number of hydrogen-bond donors (Lipinski definition) is 1. The van der Waals surface area contributed by atoms with Crippen LogP contribution in [0.3, 0.4) is 0 Å². The minimum atomic E-state index is -0.853. The summed E-state index contributed by atoms with van der Waals surface area (Å²) in [6.07, 6.45) is 0. The molecule has 0 amide bonds. The normalized spacial score (nSPS) is 11.2. The minimum absolute atomic E-state index is 0.160. The average Bonchev–Trinajstić information content (AvgIpc) is 2.36. The van der Waals surface area contributed by atoms with Crippen molar-refractivity contribution in [2.24, 2.45) is 0 Å². The topological polar surface area (TPSA) is 55.8 Å². The molecule has 1 aromatic carbocycles. The number of hydrogen-bond acceptors (Lipinski definition) is 4. The number of halogens is 1. The molecule has 0 aromatic heterocycles. The molecule has 5 heteroatoms. The molecule has 1 N–H and O–H groups in total. The van der Waals surface area contributed by atoms with Gasteiger partial charge in [0.15, 0.2) is 0 Å². The lowest BCUT2D eigenvalue weighted by atomic mass is 9.83. The zero-order valence-electron chi connectivity index (χ0n) is 10.9. The molecule has 0 aliphatic heterocycles. The van der Waals surface area contributed by atoms with Gasteiger partial charge >= 0.3 is 5.97 Å². The van der Waals surface area contributed by atoms with E-state index in [1.165, 1.54) is 14.2 Å². The second-order valence-corrected chi connectivity index (χ2v) is 5.34. The summed E-state index contributed by atoms with van der Waals surface area (Å²) in [5, 5.41) is 9.34. The molecular formula is C13H17BrO4. The molecule has 0 bridgehead atoms. The van der Waals surface area contributed by atoms with Crippen molar-refractivity contribution in [1.82, 2.24) is 0 Å². The monoisotopic (exact) mass is 316 g/mol. The van der Waals surface area contributed by atoms with E-state index in [1.807, 2.05) is 0 Å². The van der Waals surface area contributed by atoms with E-state index < -0.39 is 5.41 Å². The summed E-state index contributed by atoms with van der Waals surface area (Å²) in [5.41, 5.74) is 0.447.